The normalized spacial score (nSPS) is 49.9. The Morgan fingerprint density at radius 2 is 2.14 bits per heavy atom. The minimum Gasteiger partial charge on any atom is -0.381 e. The number of rotatable bonds is 3. The van der Waals surface area contributed by atoms with Crippen molar-refractivity contribution in [2.75, 3.05) is 13.2 Å². The predicted octanol–water partition coefficient (Wildman–Crippen LogP) is 3.24. The van der Waals surface area contributed by atoms with E-state index in [2.05, 4.69) is 6.92 Å². The van der Waals surface area contributed by atoms with Gasteiger partial charge in [-0.3, -0.25) is 0 Å². The van der Waals surface area contributed by atoms with Crippen molar-refractivity contribution in [3.05, 3.63) is 0 Å². The summed E-state index contributed by atoms with van der Waals surface area (Å²) in [7, 11) is 0. The van der Waals surface area contributed by atoms with Crippen LogP contribution in [0.1, 0.15) is 45.4 Å². The first kappa shape index (κ1) is 9.21. The zero-order valence-corrected chi connectivity index (χ0v) is 9.30. The van der Waals surface area contributed by atoms with Gasteiger partial charge >= 0.3 is 0 Å². The molecular weight excluding hydrogens is 172 g/mol. The maximum Gasteiger partial charge on any atom is 0.0522 e. The third kappa shape index (κ3) is 1.41. The molecule has 3 rings (SSSR count). The minimum absolute atomic E-state index is 0.622. The van der Waals surface area contributed by atoms with Gasteiger partial charge in [-0.2, -0.15) is 0 Å². The monoisotopic (exact) mass is 194 g/mol. The highest BCUT2D eigenvalue weighted by atomic mass is 16.5. The first-order valence-electron chi connectivity index (χ1n) is 6.41. The molecule has 0 aromatic rings. The molecule has 4 unspecified atom stereocenters. The highest BCUT2D eigenvalue weighted by molar-refractivity contribution is 5.04. The molecule has 0 N–H and O–H groups in total. The second-order valence-corrected chi connectivity index (χ2v) is 5.86. The molecule has 0 aliphatic heterocycles. The summed E-state index contributed by atoms with van der Waals surface area (Å²) < 4.78 is 5.72. The van der Waals surface area contributed by atoms with Gasteiger partial charge in [0.15, 0.2) is 0 Å². The first-order valence-corrected chi connectivity index (χ1v) is 6.41. The van der Waals surface area contributed by atoms with Crippen molar-refractivity contribution in [2.45, 2.75) is 45.4 Å². The molecule has 2 bridgehead atoms. The van der Waals surface area contributed by atoms with Crippen molar-refractivity contribution in [3.8, 4) is 0 Å². The summed E-state index contributed by atoms with van der Waals surface area (Å²) in [5.41, 5.74) is 0.622. The van der Waals surface area contributed by atoms with E-state index in [1.807, 2.05) is 0 Å². The average molecular weight is 194 g/mol. The molecule has 3 aliphatic carbocycles. The van der Waals surface area contributed by atoms with Gasteiger partial charge in [-0.05, 0) is 55.8 Å². The molecule has 0 spiro atoms. The molecule has 0 saturated heterocycles. The van der Waals surface area contributed by atoms with Crippen molar-refractivity contribution in [3.63, 3.8) is 0 Å². The van der Waals surface area contributed by atoms with E-state index in [1.54, 1.807) is 6.42 Å². The molecule has 80 valence electrons. The highest BCUT2D eigenvalue weighted by Crippen LogP contribution is 2.63. The Kier molecular flexibility index (Phi) is 2.12. The van der Waals surface area contributed by atoms with Crippen LogP contribution in [0.25, 0.3) is 0 Å². The molecule has 4 atom stereocenters. The number of fused-ring (bicyclic) bond motifs is 4. The molecule has 3 fully saturated rings. The topological polar surface area (TPSA) is 9.23 Å². The van der Waals surface area contributed by atoms with Crippen LogP contribution in [0.15, 0.2) is 0 Å². The smallest absolute Gasteiger partial charge is 0.0522 e. The van der Waals surface area contributed by atoms with E-state index in [1.165, 1.54) is 32.1 Å². The van der Waals surface area contributed by atoms with Crippen LogP contribution in [0.4, 0.5) is 0 Å². The molecule has 3 aliphatic rings. The van der Waals surface area contributed by atoms with Crippen LogP contribution >= 0.6 is 0 Å². The Morgan fingerprint density at radius 3 is 3.00 bits per heavy atom. The maximum absolute atomic E-state index is 5.72. The Balaban J connectivity index is 1.71. The average Bonchev–Trinajstić information content (AvgIpc) is 2.94. The largest absolute Gasteiger partial charge is 0.381 e. The van der Waals surface area contributed by atoms with Crippen molar-refractivity contribution in [2.24, 2.45) is 23.2 Å². The summed E-state index contributed by atoms with van der Waals surface area (Å²) in [5, 5.41) is 0. The Bertz CT molecular complexity index is 225. The SMILES string of the molecule is CCOCC12CCCC(C1)C1CC1C2. The fourth-order valence-electron chi connectivity index (χ4n) is 4.20. The fourth-order valence-corrected chi connectivity index (χ4v) is 4.20. The van der Waals surface area contributed by atoms with E-state index >= 15 is 0 Å². The zero-order chi connectivity index (χ0) is 9.60. The van der Waals surface area contributed by atoms with Gasteiger partial charge in [0.1, 0.15) is 0 Å². The summed E-state index contributed by atoms with van der Waals surface area (Å²) in [5.74, 6) is 3.34. The lowest BCUT2D eigenvalue weighted by molar-refractivity contribution is -0.0203. The third-order valence-electron chi connectivity index (χ3n) is 4.87. The molecule has 0 amide bonds. The number of ether oxygens (including phenoxy) is 1. The van der Waals surface area contributed by atoms with Gasteiger partial charge in [0.2, 0.25) is 0 Å². The summed E-state index contributed by atoms with van der Waals surface area (Å²) >= 11 is 0. The maximum atomic E-state index is 5.72. The van der Waals surface area contributed by atoms with E-state index in [-0.39, 0.29) is 0 Å². The second kappa shape index (κ2) is 3.23. The summed E-state index contributed by atoms with van der Waals surface area (Å²) in [6, 6.07) is 0. The van der Waals surface area contributed by atoms with Gasteiger partial charge in [0.05, 0.1) is 6.61 Å². The summed E-state index contributed by atoms with van der Waals surface area (Å²) in [6.45, 7) is 4.09. The van der Waals surface area contributed by atoms with Gasteiger partial charge in [-0.25, -0.2) is 0 Å². The van der Waals surface area contributed by atoms with Crippen LogP contribution in [0.5, 0.6) is 0 Å². The lowest BCUT2D eigenvalue weighted by atomic mass is 9.62. The predicted molar refractivity (Wildman–Crippen MR) is 57.1 cm³/mol. The molecule has 0 radical (unpaired) electrons. The molecule has 0 heterocycles. The molecule has 3 saturated carbocycles. The van der Waals surface area contributed by atoms with Crippen molar-refractivity contribution < 1.29 is 4.74 Å². The van der Waals surface area contributed by atoms with E-state index in [4.69, 9.17) is 4.74 Å². The van der Waals surface area contributed by atoms with Gasteiger partial charge in [-0.1, -0.05) is 12.8 Å². The number of hydrogen-bond acceptors (Lipinski definition) is 1. The standard InChI is InChI=1S/C13H22O/c1-2-14-9-13-5-3-4-10(7-13)12-6-11(12)8-13/h10-12H,2-9H2,1H3. The van der Waals surface area contributed by atoms with Gasteiger partial charge in [0, 0.05) is 6.61 Å². The lowest BCUT2D eigenvalue weighted by Crippen LogP contribution is -2.38. The minimum atomic E-state index is 0.622. The van der Waals surface area contributed by atoms with Crippen LogP contribution in [0.3, 0.4) is 0 Å². The first-order chi connectivity index (χ1) is 6.83. The van der Waals surface area contributed by atoms with Crippen LogP contribution < -0.4 is 0 Å². The van der Waals surface area contributed by atoms with Gasteiger partial charge in [0.25, 0.3) is 0 Å². The van der Waals surface area contributed by atoms with Crippen LogP contribution in [-0.4, -0.2) is 13.2 Å². The lowest BCUT2D eigenvalue weighted by Gasteiger charge is -2.44. The summed E-state index contributed by atoms with van der Waals surface area (Å²) in [4.78, 5) is 0. The molecule has 1 nitrogen and oxygen atoms in total. The summed E-state index contributed by atoms with van der Waals surface area (Å²) in [6.07, 6.45) is 8.99. The molecule has 0 aromatic heterocycles. The Morgan fingerprint density at radius 1 is 1.29 bits per heavy atom. The quantitative estimate of drug-likeness (QED) is 0.670. The van der Waals surface area contributed by atoms with E-state index < -0.39 is 0 Å². The van der Waals surface area contributed by atoms with Crippen molar-refractivity contribution in [1.82, 2.24) is 0 Å². The van der Waals surface area contributed by atoms with E-state index in [0.29, 0.717) is 5.41 Å². The van der Waals surface area contributed by atoms with E-state index in [9.17, 15) is 0 Å². The molecule has 14 heavy (non-hydrogen) atoms. The van der Waals surface area contributed by atoms with Gasteiger partial charge < -0.3 is 4.74 Å². The molecule has 0 aromatic carbocycles. The van der Waals surface area contributed by atoms with Crippen molar-refractivity contribution >= 4 is 0 Å². The van der Waals surface area contributed by atoms with Gasteiger partial charge in [-0.15, -0.1) is 0 Å². The number of hydrogen-bond donors (Lipinski definition) is 0. The second-order valence-electron chi connectivity index (χ2n) is 5.86. The highest BCUT2D eigenvalue weighted by Gasteiger charge is 2.55. The van der Waals surface area contributed by atoms with Crippen LogP contribution in [-0.2, 0) is 4.74 Å². The zero-order valence-electron chi connectivity index (χ0n) is 9.30. The Hall–Kier alpha value is -0.0400. The Labute approximate surface area is 87.2 Å². The van der Waals surface area contributed by atoms with Crippen molar-refractivity contribution in [1.29, 1.82) is 0 Å². The van der Waals surface area contributed by atoms with E-state index in [0.717, 1.165) is 31.0 Å². The molecule has 1 heteroatoms. The van der Waals surface area contributed by atoms with Crippen LogP contribution in [0.2, 0.25) is 0 Å². The van der Waals surface area contributed by atoms with Crippen LogP contribution in [0, 0.1) is 23.2 Å². The molecular formula is C13H22O. The third-order valence-corrected chi connectivity index (χ3v) is 4.87. The fraction of sp³-hybridized carbons (Fsp3) is 1.00.